The number of carbonyl (C=O) groups is 1. The molecule has 0 N–H and O–H groups in total. The van der Waals surface area contributed by atoms with Crippen molar-refractivity contribution in [3.8, 4) is 6.07 Å². The maximum absolute atomic E-state index is 12.0. The molecule has 0 radical (unpaired) electrons. The van der Waals surface area contributed by atoms with Crippen molar-refractivity contribution < 1.29 is 14.3 Å². The summed E-state index contributed by atoms with van der Waals surface area (Å²) < 4.78 is 10.7. The third-order valence-electron chi connectivity index (χ3n) is 2.92. The molecule has 1 aromatic carbocycles. The highest BCUT2D eigenvalue weighted by Gasteiger charge is 2.16. The monoisotopic (exact) mass is 316 g/mol. The van der Waals surface area contributed by atoms with Gasteiger partial charge in [0.25, 0.3) is 0 Å². The van der Waals surface area contributed by atoms with Crippen LogP contribution < -0.4 is 0 Å². The maximum Gasteiger partial charge on any atom is 0.358 e. The SMILES string of the molecule is CCO[C@@H](C)c1nc(C(=O)OCc2cccc(C#N)c2)cs1. The average Bonchev–Trinajstić information content (AvgIpc) is 3.03. The molecule has 2 aromatic rings. The zero-order chi connectivity index (χ0) is 15.9. The number of nitrogens with zero attached hydrogens (tertiary/aromatic N) is 2. The van der Waals surface area contributed by atoms with E-state index in [1.165, 1.54) is 11.3 Å². The fourth-order valence-electron chi connectivity index (χ4n) is 1.84. The van der Waals surface area contributed by atoms with Gasteiger partial charge in [0.2, 0.25) is 0 Å². The first-order valence-electron chi connectivity index (χ1n) is 6.87. The molecule has 2 rings (SSSR count). The van der Waals surface area contributed by atoms with Crippen molar-refractivity contribution in [2.75, 3.05) is 6.61 Å². The molecule has 22 heavy (non-hydrogen) atoms. The van der Waals surface area contributed by atoms with Crippen molar-refractivity contribution in [1.29, 1.82) is 5.26 Å². The van der Waals surface area contributed by atoms with E-state index in [1.54, 1.807) is 29.6 Å². The quantitative estimate of drug-likeness (QED) is 0.763. The lowest BCUT2D eigenvalue weighted by Crippen LogP contribution is -2.07. The van der Waals surface area contributed by atoms with E-state index in [0.717, 1.165) is 10.6 Å². The lowest BCUT2D eigenvalue weighted by Gasteiger charge is -2.07. The lowest BCUT2D eigenvalue weighted by molar-refractivity contribution is 0.0464. The average molecular weight is 316 g/mol. The predicted octanol–water partition coefficient (Wildman–Crippen LogP) is 3.47. The van der Waals surface area contributed by atoms with Gasteiger partial charge < -0.3 is 9.47 Å². The van der Waals surface area contributed by atoms with Crippen LogP contribution >= 0.6 is 11.3 Å². The Morgan fingerprint density at radius 1 is 1.50 bits per heavy atom. The largest absolute Gasteiger partial charge is 0.456 e. The highest BCUT2D eigenvalue weighted by atomic mass is 32.1. The van der Waals surface area contributed by atoms with E-state index in [9.17, 15) is 4.79 Å². The summed E-state index contributed by atoms with van der Waals surface area (Å²) in [5.41, 5.74) is 1.59. The zero-order valence-electron chi connectivity index (χ0n) is 12.4. The van der Waals surface area contributed by atoms with Gasteiger partial charge >= 0.3 is 5.97 Å². The van der Waals surface area contributed by atoms with Gasteiger partial charge in [0, 0.05) is 12.0 Å². The van der Waals surface area contributed by atoms with Crippen LogP contribution in [0, 0.1) is 11.3 Å². The van der Waals surface area contributed by atoms with Crippen LogP contribution in [0.15, 0.2) is 29.6 Å². The molecule has 5 nitrogen and oxygen atoms in total. The van der Waals surface area contributed by atoms with Crippen LogP contribution in [0.1, 0.15) is 46.6 Å². The third-order valence-corrected chi connectivity index (χ3v) is 3.93. The first kappa shape index (κ1) is 16.1. The van der Waals surface area contributed by atoms with Gasteiger partial charge in [-0.3, -0.25) is 0 Å². The Morgan fingerprint density at radius 2 is 2.32 bits per heavy atom. The minimum absolute atomic E-state index is 0.113. The molecule has 1 heterocycles. The number of nitriles is 1. The molecule has 114 valence electrons. The summed E-state index contributed by atoms with van der Waals surface area (Å²) in [6.07, 6.45) is -0.135. The third kappa shape index (κ3) is 4.13. The highest BCUT2D eigenvalue weighted by Crippen LogP contribution is 2.21. The second kappa shape index (κ2) is 7.69. The number of hydrogen-bond donors (Lipinski definition) is 0. The fourth-order valence-corrected chi connectivity index (χ4v) is 2.63. The summed E-state index contributed by atoms with van der Waals surface area (Å²) in [4.78, 5) is 16.2. The maximum atomic E-state index is 12.0. The molecule has 1 aromatic heterocycles. The van der Waals surface area contributed by atoms with E-state index in [4.69, 9.17) is 14.7 Å². The summed E-state index contributed by atoms with van der Waals surface area (Å²) in [5.74, 6) is -0.478. The van der Waals surface area contributed by atoms with Crippen LogP contribution in [-0.2, 0) is 16.1 Å². The number of thiazole rings is 1. The first-order valence-corrected chi connectivity index (χ1v) is 7.75. The Hall–Kier alpha value is -2.23. The molecule has 0 aliphatic carbocycles. The number of hydrogen-bond acceptors (Lipinski definition) is 6. The molecule has 0 aliphatic rings. The molecule has 0 saturated carbocycles. The summed E-state index contributed by atoms with van der Waals surface area (Å²) in [6, 6.07) is 9.00. The molecule has 6 heteroatoms. The van der Waals surface area contributed by atoms with Gasteiger partial charge in [0.1, 0.15) is 17.7 Å². The summed E-state index contributed by atoms with van der Waals surface area (Å²) in [7, 11) is 0. The first-order chi connectivity index (χ1) is 10.6. The molecule has 0 spiro atoms. The van der Waals surface area contributed by atoms with Crippen LogP contribution in [0.5, 0.6) is 0 Å². The number of rotatable bonds is 6. The van der Waals surface area contributed by atoms with Crippen LogP contribution in [0.2, 0.25) is 0 Å². The number of aromatic nitrogens is 1. The second-order valence-electron chi connectivity index (χ2n) is 4.56. The van der Waals surface area contributed by atoms with Crippen molar-refractivity contribution in [3.63, 3.8) is 0 Å². The molecule has 1 atom stereocenters. The van der Waals surface area contributed by atoms with Crippen LogP contribution in [0.4, 0.5) is 0 Å². The van der Waals surface area contributed by atoms with E-state index < -0.39 is 5.97 Å². The Bertz CT molecular complexity index is 691. The zero-order valence-corrected chi connectivity index (χ0v) is 13.2. The summed E-state index contributed by atoms with van der Waals surface area (Å²) >= 11 is 1.37. The Balaban J connectivity index is 1.96. The van der Waals surface area contributed by atoms with Crippen LogP contribution in [0.3, 0.4) is 0 Å². The number of ether oxygens (including phenoxy) is 2. The van der Waals surface area contributed by atoms with Crippen molar-refractivity contribution >= 4 is 17.3 Å². The van der Waals surface area contributed by atoms with Gasteiger partial charge in [-0.15, -0.1) is 11.3 Å². The molecule has 0 aliphatic heterocycles. The minimum Gasteiger partial charge on any atom is -0.456 e. The molecule has 0 fully saturated rings. The topological polar surface area (TPSA) is 72.2 Å². The standard InChI is InChI=1S/C16H16N2O3S/c1-3-20-11(2)15-18-14(10-22-15)16(19)21-9-13-6-4-5-12(7-13)8-17/h4-7,10-11H,3,9H2,1-2H3/t11-/m0/s1. The summed E-state index contributed by atoms with van der Waals surface area (Å²) in [5, 5.41) is 11.3. The molecule has 0 saturated heterocycles. The number of benzene rings is 1. The number of esters is 1. The van der Waals surface area contributed by atoms with Crippen molar-refractivity contribution in [2.24, 2.45) is 0 Å². The van der Waals surface area contributed by atoms with E-state index >= 15 is 0 Å². The van der Waals surface area contributed by atoms with Gasteiger partial charge in [0.05, 0.1) is 11.6 Å². The molecule has 0 bridgehead atoms. The van der Waals surface area contributed by atoms with Crippen molar-refractivity contribution in [2.45, 2.75) is 26.6 Å². The molecular weight excluding hydrogens is 300 g/mol. The van der Waals surface area contributed by atoms with Gasteiger partial charge in [-0.1, -0.05) is 12.1 Å². The van der Waals surface area contributed by atoms with Crippen LogP contribution in [0.25, 0.3) is 0 Å². The normalized spacial score (nSPS) is 11.7. The fraction of sp³-hybridized carbons (Fsp3) is 0.312. The van der Waals surface area contributed by atoms with E-state index in [0.29, 0.717) is 12.2 Å². The van der Waals surface area contributed by atoms with Gasteiger partial charge in [-0.2, -0.15) is 5.26 Å². The van der Waals surface area contributed by atoms with Crippen LogP contribution in [-0.4, -0.2) is 17.6 Å². The van der Waals surface area contributed by atoms with Gasteiger partial charge in [-0.25, -0.2) is 9.78 Å². The Morgan fingerprint density at radius 3 is 3.05 bits per heavy atom. The summed E-state index contributed by atoms with van der Waals surface area (Å²) in [6.45, 7) is 4.51. The number of carbonyl (C=O) groups excluding carboxylic acids is 1. The molecule has 0 unspecified atom stereocenters. The molecular formula is C16H16N2O3S. The smallest absolute Gasteiger partial charge is 0.358 e. The molecule has 0 amide bonds. The second-order valence-corrected chi connectivity index (χ2v) is 5.45. The minimum atomic E-state index is -0.478. The van der Waals surface area contributed by atoms with E-state index in [2.05, 4.69) is 4.98 Å². The Kier molecular flexibility index (Phi) is 5.64. The van der Waals surface area contributed by atoms with Gasteiger partial charge in [0.15, 0.2) is 5.69 Å². The van der Waals surface area contributed by atoms with E-state index in [1.807, 2.05) is 19.9 Å². The highest BCUT2D eigenvalue weighted by molar-refractivity contribution is 7.09. The van der Waals surface area contributed by atoms with E-state index in [-0.39, 0.29) is 18.4 Å². The predicted molar refractivity (Wildman–Crippen MR) is 82.4 cm³/mol. The van der Waals surface area contributed by atoms with Crippen molar-refractivity contribution in [3.05, 3.63) is 51.5 Å². The van der Waals surface area contributed by atoms with Gasteiger partial charge in [-0.05, 0) is 31.5 Å². The Labute approximate surface area is 133 Å². The van der Waals surface area contributed by atoms with Crippen molar-refractivity contribution in [1.82, 2.24) is 4.98 Å². The lowest BCUT2D eigenvalue weighted by atomic mass is 10.1.